The van der Waals surface area contributed by atoms with Gasteiger partial charge in [-0.2, -0.15) is 14.7 Å². The van der Waals surface area contributed by atoms with Crippen molar-refractivity contribution in [2.75, 3.05) is 12.3 Å². The zero-order valence-corrected chi connectivity index (χ0v) is 19.8. The van der Waals surface area contributed by atoms with Crippen LogP contribution in [0.3, 0.4) is 0 Å². The Morgan fingerprint density at radius 1 is 1.17 bits per heavy atom. The van der Waals surface area contributed by atoms with E-state index in [-0.39, 0.29) is 35.5 Å². The molecule has 0 radical (unpaired) electrons. The van der Waals surface area contributed by atoms with Crippen molar-refractivity contribution in [3.63, 3.8) is 0 Å². The van der Waals surface area contributed by atoms with Crippen molar-refractivity contribution in [2.45, 2.75) is 50.6 Å². The first-order valence-corrected chi connectivity index (χ1v) is 12.0. The molecule has 0 saturated carbocycles. The standard InChI is InChI=1S/C25H26N8O3/c1-13(35)22-23(15-8-16-3-4-17(9-15)32(16)21(36)12-34)30-25-18(11-29-33(25)24(22)26)14-2-5-19(27-10-14)20-6-7-28-31-20/h2,5-7,10-11,15-17,34H,3-4,8-9,12,26H2,1H3,(H,28,31)/t15?,16-,17+. The molecule has 1 unspecified atom stereocenters. The normalized spacial score (nSPS) is 21.3. The highest BCUT2D eigenvalue weighted by Gasteiger charge is 2.44. The van der Waals surface area contributed by atoms with Gasteiger partial charge in [0.2, 0.25) is 5.91 Å². The summed E-state index contributed by atoms with van der Waals surface area (Å²) in [4.78, 5) is 36.4. The number of amides is 1. The first kappa shape index (κ1) is 22.4. The number of hydrogen-bond acceptors (Lipinski definition) is 8. The van der Waals surface area contributed by atoms with Crippen LogP contribution in [0.2, 0.25) is 0 Å². The molecule has 2 aliphatic heterocycles. The number of fused-ring (bicyclic) bond motifs is 3. The molecule has 11 nitrogen and oxygen atoms in total. The van der Waals surface area contributed by atoms with Gasteiger partial charge in [0.25, 0.3) is 0 Å². The number of nitrogens with zero attached hydrogens (tertiary/aromatic N) is 6. The number of carbonyl (C=O) groups excluding carboxylic acids is 2. The molecule has 4 aromatic heterocycles. The Balaban J connectivity index is 1.42. The van der Waals surface area contributed by atoms with Crippen molar-refractivity contribution in [3.8, 4) is 22.5 Å². The maximum atomic E-state index is 12.7. The SMILES string of the molecule is CC(=O)c1c(C2C[C@H]3CC[C@@H](C2)N3C(=O)CO)nc2c(-c3ccc(-c4ccn[nH]4)nc3)cnn2c1N. The van der Waals surface area contributed by atoms with Crippen LogP contribution >= 0.6 is 0 Å². The number of anilines is 1. The molecule has 6 heterocycles. The van der Waals surface area contributed by atoms with E-state index < -0.39 is 6.61 Å². The number of piperidine rings is 1. The average Bonchev–Trinajstić information content (AvgIpc) is 3.62. The molecule has 6 rings (SSSR count). The summed E-state index contributed by atoms with van der Waals surface area (Å²) in [5.74, 6) is -0.169. The fourth-order valence-electron chi connectivity index (χ4n) is 5.89. The van der Waals surface area contributed by atoms with Crippen molar-refractivity contribution in [1.29, 1.82) is 0 Å². The third-order valence-electron chi connectivity index (χ3n) is 7.46. The molecule has 1 amide bonds. The molecule has 36 heavy (non-hydrogen) atoms. The molecular weight excluding hydrogens is 460 g/mol. The average molecular weight is 487 g/mol. The van der Waals surface area contributed by atoms with Gasteiger partial charge in [0.05, 0.1) is 28.8 Å². The Bertz CT molecular complexity index is 1450. The number of aliphatic hydroxyl groups is 1. The van der Waals surface area contributed by atoms with Gasteiger partial charge >= 0.3 is 0 Å². The zero-order chi connectivity index (χ0) is 25.0. The molecule has 0 aromatic carbocycles. The topological polar surface area (TPSA) is 155 Å². The van der Waals surface area contributed by atoms with Crippen molar-refractivity contribution in [2.24, 2.45) is 0 Å². The van der Waals surface area contributed by atoms with Gasteiger partial charge < -0.3 is 15.7 Å². The lowest BCUT2D eigenvalue weighted by Crippen LogP contribution is -2.47. The van der Waals surface area contributed by atoms with E-state index in [1.54, 1.807) is 18.6 Å². The number of aromatic nitrogens is 6. The molecule has 11 heteroatoms. The number of pyridine rings is 1. The van der Waals surface area contributed by atoms with Crippen molar-refractivity contribution >= 4 is 23.2 Å². The Hall–Kier alpha value is -4.12. The highest BCUT2D eigenvalue weighted by molar-refractivity contribution is 6.00. The van der Waals surface area contributed by atoms with Gasteiger partial charge in [-0.1, -0.05) is 6.07 Å². The molecule has 4 N–H and O–H groups in total. The molecule has 4 aromatic rings. The minimum Gasteiger partial charge on any atom is -0.387 e. The Morgan fingerprint density at radius 3 is 2.56 bits per heavy atom. The lowest BCUT2D eigenvalue weighted by molar-refractivity contribution is -0.138. The highest BCUT2D eigenvalue weighted by atomic mass is 16.3. The summed E-state index contributed by atoms with van der Waals surface area (Å²) in [5, 5.41) is 20.7. The Kier molecular flexibility index (Phi) is 5.29. The maximum Gasteiger partial charge on any atom is 0.248 e. The summed E-state index contributed by atoms with van der Waals surface area (Å²) in [5.41, 5.74) is 11.3. The van der Waals surface area contributed by atoms with Gasteiger partial charge in [0, 0.05) is 41.5 Å². The van der Waals surface area contributed by atoms with E-state index in [0.717, 1.165) is 35.4 Å². The molecule has 2 fully saturated rings. The second-order valence-corrected chi connectivity index (χ2v) is 9.52. The first-order valence-electron chi connectivity index (χ1n) is 12.0. The number of nitrogen functional groups attached to an aromatic ring is 1. The fraction of sp³-hybridized carbons (Fsp3) is 0.360. The molecule has 0 aliphatic carbocycles. The smallest absolute Gasteiger partial charge is 0.248 e. The molecule has 2 bridgehead atoms. The van der Waals surface area contributed by atoms with Crippen molar-refractivity contribution in [3.05, 3.63) is 48.0 Å². The Morgan fingerprint density at radius 2 is 1.94 bits per heavy atom. The van der Waals surface area contributed by atoms with Gasteiger partial charge in [-0.25, -0.2) is 4.98 Å². The molecule has 3 atom stereocenters. The summed E-state index contributed by atoms with van der Waals surface area (Å²) < 4.78 is 1.51. The van der Waals surface area contributed by atoms with Crippen LogP contribution in [-0.2, 0) is 4.79 Å². The van der Waals surface area contributed by atoms with Gasteiger partial charge in [0.1, 0.15) is 12.4 Å². The van der Waals surface area contributed by atoms with E-state index in [0.29, 0.717) is 29.7 Å². The van der Waals surface area contributed by atoms with Crippen LogP contribution in [0.5, 0.6) is 0 Å². The van der Waals surface area contributed by atoms with Crippen molar-refractivity contribution in [1.82, 2.24) is 34.7 Å². The van der Waals surface area contributed by atoms with E-state index in [2.05, 4.69) is 20.3 Å². The van der Waals surface area contributed by atoms with Gasteiger partial charge in [-0.15, -0.1) is 0 Å². The number of H-pyrrole nitrogens is 1. The second kappa shape index (κ2) is 8.52. The minimum atomic E-state index is -0.486. The molecule has 184 valence electrons. The molecular formula is C25H26N8O3. The maximum absolute atomic E-state index is 12.7. The van der Waals surface area contributed by atoms with E-state index >= 15 is 0 Å². The number of Topliss-reactive ketones (excluding diaryl/α,β-unsaturated/α-hetero) is 1. The number of hydrogen-bond donors (Lipinski definition) is 3. The molecule has 0 spiro atoms. The van der Waals surface area contributed by atoms with Crippen LogP contribution in [0.25, 0.3) is 28.2 Å². The number of aromatic amines is 1. The fourth-order valence-corrected chi connectivity index (χ4v) is 5.89. The van der Waals surface area contributed by atoms with Crippen LogP contribution in [0.15, 0.2) is 36.8 Å². The zero-order valence-electron chi connectivity index (χ0n) is 19.8. The van der Waals surface area contributed by atoms with Crippen LogP contribution in [0, 0.1) is 0 Å². The quantitative estimate of drug-likeness (QED) is 0.363. The van der Waals surface area contributed by atoms with Crippen LogP contribution in [0.4, 0.5) is 5.82 Å². The minimum absolute atomic E-state index is 0.0241. The molecule has 2 saturated heterocycles. The lowest BCUT2D eigenvalue weighted by atomic mass is 9.85. The Labute approximate surface area is 206 Å². The van der Waals surface area contributed by atoms with Crippen LogP contribution in [-0.4, -0.2) is 70.2 Å². The van der Waals surface area contributed by atoms with Crippen LogP contribution < -0.4 is 5.73 Å². The monoisotopic (exact) mass is 486 g/mol. The van der Waals surface area contributed by atoms with Gasteiger partial charge in [0.15, 0.2) is 11.4 Å². The summed E-state index contributed by atoms with van der Waals surface area (Å²) in [6, 6.07) is 5.73. The van der Waals surface area contributed by atoms with E-state index in [1.165, 1.54) is 11.4 Å². The number of ketones is 1. The summed E-state index contributed by atoms with van der Waals surface area (Å²) in [6.07, 6.45) is 8.23. The van der Waals surface area contributed by atoms with Gasteiger partial charge in [-0.05, 0) is 44.7 Å². The third kappa shape index (κ3) is 3.46. The third-order valence-corrected chi connectivity index (χ3v) is 7.46. The summed E-state index contributed by atoms with van der Waals surface area (Å²) in [7, 11) is 0. The van der Waals surface area contributed by atoms with E-state index in [4.69, 9.17) is 10.7 Å². The van der Waals surface area contributed by atoms with E-state index in [9.17, 15) is 14.7 Å². The first-order chi connectivity index (χ1) is 17.5. The number of rotatable bonds is 5. The number of nitrogens with two attached hydrogens (primary N) is 1. The van der Waals surface area contributed by atoms with Gasteiger partial charge in [-0.3, -0.25) is 19.7 Å². The van der Waals surface area contributed by atoms with E-state index in [1.807, 2.05) is 23.1 Å². The summed E-state index contributed by atoms with van der Waals surface area (Å²) >= 11 is 0. The second-order valence-electron chi connectivity index (χ2n) is 9.52. The highest BCUT2D eigenvalue weighted by Crippen LogP contribution is 2.44. The largest absolute Gasteiger partial charge is 0.387 e. The molecule has 2 aliphatic rings. The summed E-state index contributed by atoms with van der Waals surface area (Å²) in [6.45, 7) is 1.00. The number of nitrogens with one attached hydrogen (secondary N) is 1. The number of aliphatic hydroxyl groups excluding tert-OH is 1. The number of carbonyl (C=O) groups is 2. The lowest BCUT2D eigenvalue weighted by Gasteiger charge is -2.39. The predicted octanol–water partition coefficient (Wildman–Crippen LogP) is 2.20. The predicted molar refractivity (Wildman–Crippen MR) is 131 cm³/mol. The van der Waals surface area contributed by atoms with Crippen molar-refractivity contribution < 1.29 is 14.7 Å². The van der Waals surface area contributed by atoms with Crippen LogP contribution in [0.1, 0.15) is 54.6 Å².